The SMILES string of the molecule is CC1(C)CN(Cc2nc3ccccc3s2)CCN1. The lowest BCUT2D eigenvalue weighted by Crippen LogP contribution is -2.56. The van der Waals surface area contributed by atoms with Gasteiger partial charge in [0.15, 0.2) is 0 Å². The molecule has 3 nitrogen and oxygen atoms in total. The van der Waals surface area contributed by atoms with Gasteiger partial charge >= 0.3 is 0 Å². The highest BCUT2D eigenvalue weighted by atomic mass is 32.1. The second-order valence-corrected chi connectivity index (χ2v) is 6.71. The first kappa shape index (κ1) is 12.1. The highest BCUT2D eigenvalue weighted by molar-refractivity contribution is 7.18. The highest BCUT2D eigenvalue weighted by Gasteiger charge is 2.25. The van der Waals surface area contributed by atoms with Crippen LogP contribution in [0, 0.1) is 0 Å². The van der Waals surface area contributed by atoms with Gasteiger partial charge in [-0.1, -0.05) is 12.1 Å². The number of rotatable bonds is 2. The molecule has 1 aromatic heterocycles. The van der Waals surface area contributed by atoms with Crippen LogP contribution in [0.4, 0.5) is 0 Å². The van der Waals surface area contributed by atoms with E-state index < -0.39 is 0 Å². The summed E-state index contributed by atoms with van der Waals surface area (Å²) < 4.78 is 1.29. The number of fused-ring (bicyclic) bond motifs is 1. The fourth-order valence-electron chi connectivity index (χ4n) is 2.56. The number of nitrogens with one attached hydrogen (secondary N) is 1. The number of hydrogen-bond donors (Lipinski definition) is 1. The zero-order valence-electron chi connectivity index (χ0n) is 10.9. The van der Waals surface area contributed by atoms with Crippen molar-refractivity contribution in [3.8, 4) is 0 Å². The first-order valence-electron chi connectivity index (χ1n) is 6.44. The van der Waals surface area contributed by atoms with Crippen LogP contribution in [0.1, 0.15) is 18.9 Å². The number of para-hydroxylation sites is 1. The van der Waals surface area contributed by atoms with Crippen molar-refractivity contribution in [2.45, 2.75) is 25.9 Å². The number of hydrogen-bond acceptors (Lipinski definition) is 4. The summed E-state index contributed by atoms with van der Waals surface area (Å²) in [5.41, 5.74) is 1.35. The van der Waals surface area contributed by atoms with Gasteiger partial charge in [0.1, 0.15) is 5.01 Å². The van der Waals surface area contributed by atoms with E-state index in [1.165, 1.54) is 9.71 Å². The molecule has 0 spiro atoms. The van der Waals surface area contributed by atoms with E-state index >= 15 is 0 Å². The molecule has 18 heavy (non-hydrogen) atoms. The Kier molecular flexibility index (Phi) is 3.09. The molecule has 4 heteroatoms. The van der Waals surface area contributed by atoms with E-state index in [1.54, 1.807) is 0 Å². The van der Waals surface area contributed by atoms with Crippen molar-refractivity contribution >= 4 is 21.6 Å². The summed E-state index contributed by atoms with van der Waals surface area (Å²) in [7, 11) is 0. The maximum atomic E-state index is 4.71. The Morgan fingerprint density at radius 1 is 1.39 bits per heavy atom. The maximum Gasteiger partial charge on any atom is 0.108 e. The fraction of sp³-hybridized carbons (Fsp3) is 0.500. The summed E-state index contributed by atoms with van der Waals surface area (Å²) >= 11 is 1.82. The lowest BCUT2D eigenvalue weighted by molar-refractivity contribution is 0.148. The molecule has 0 unspecified atom stereocenters. The Hall–Kier alpha value is -0.970. The van der Waals surface area contributed by atoms with E-state index in [-0.39, 0.29) is 5.54 Å². The van der Waals surface area contributed by atoms with E-state index in [0.717, 1.165) is 31.7 Å². The molecule has 0 amide bonds. The normalized spacial score (nSPS) is 20.3. The summed E-state index contributed by atoms with van der Waals surface area (Å²) in [5.74, 6) is 0. The summed E-state index contributed by atoms with van der Waals surface area (Å²) in [6, 6.07) is 8.38. The van der Waals surface area contributed by atoms with Gasteiger partial charge < -0.3 is 5.32 Å². The molecule has 3 rings (SSSR count). The van der Waals surface area contributed by atoms with Crippen LogP contribution in [0.3, 0.4) is 0 Å². The minimum absolute atomic E-state index is 0.217. The molecule has 0 aliphatic carbocycles. The molecule has 1 aromatic carbocycles. The Balaban J connectivity index is 1.76. The highest BCUT2D eigenvalue weighted by Crippen LogP contribution is 2.23. The van der Waals surface area contributed by atoms with Gasteiger partial charge in [-0.3, -0.25) is 4.90 Å². The third-order valence-electron chi connectivity index (χ3n) is 3.35. The largest absolute Gasteiger partial charge is 0.309 e. The summed E-state index contributed by atoms with van der Waals surface area (Å²) in [5, 5.41) is 4.77. The zero-order valence-corrected chi connectivity index (χ0v) is 11.8. The van der Waals surface area contributed by atoms with Crippen LogP contribution in [0.15, 0.2) is 24.3 Å². The van der Waals surface area contributed by atoms with Gasteiger partial charge in [0.05, 0.1) is 16.8 Å². The molecule has 1 aliphatic heterocycles. The van der Waals surface area contributed by atoms with Crippen LogP contribution in [0.5, 0.6) is 0 Å². The van der Waals surface area contributed by atoms with Gasteiger partial charge in [-0.05, 0) is 26.0 Å². The van der Waals surface area contributed by atoms with Gasteiger partial charge in [0.25, 0.3) is 0 Å². The standard InChI is InChI=1S/C14H19N3S/c1-14(2)10-17(8-7-15-14)9-13-16-11-5-3-4-6-12(11)18-13/h3-6,15H,7-10H2,1-2H3. The van der Waals surface area contributed by atoms with E-state index in [9.17, 15) is 0 Å². The average Bonchev–Trinajstić information content (AvgIpc) is 2.69. The van der Waals surface area contributed by atoms with Gasteiger partial charge in [-0.2, -0.15) is 0 Å². The molecular weight excluding hydrogens is 242 g/mol. The molecule has 2 heterocycles. The van der Waals surface area contributed by atoms with Crippen LogP contribution in [-0.4, -0.2) is 35.1 Å². The molecule has 1 aliphatic rings. The maximum absolute atomic E-state index is 4.71. The molecule has 96 valence electrons. The zero-order chi connectivity index (χ0) is 12.6. The van der Waals surface area contributed by atoms with Crippen LogP contribution in [-0.2, 0) is 6.54 Å². The van der Waals surface area contributed by atoms with Crippen LogP contribution in [0.2, 0.25) is 0 Å². The van der Waals surface area contributed by atoms with Gasteiger partial charge in [-0.25, -0.2) is 4.98 Å². The van der Waals surface area contributed by atoms with Crippen LogP contribution >= 0.6 is 11.3 Å². The third kappa shape index (κ3) is 2.55. The summed E-state index contributed by atoms with van der Waals surface area (Å²) in [6.45, 7) is 8.76. The molecule has 0 saturated carbocycles. The Morgan fingerprint density at radius 3 is 3.00 bits per heavy atom. The minimum atomic E-state index is 0.217. The Labute approximate surface area is 112 Å². The number of aromatic nitrogens is 1. The number of nitrogens with zero attached hydrogens (tertiary/aromatic N) is 2. The molecule has 0 atom stereocenters. The lowest BCUT2D eigenvalue weighted by Gasteiger charge is -2.38. The predicted octanol–water partition coefficient (Wildman–Crippen LogP) is 2.48. The quantitative estimate of drug-likeness (QED) is 0.900. The summed E-state index contributed by atoms with van der Waals surface area (Å²) in [4.78, 5) is 7.21. The Bertz CT molecular complexity index is 514. The van der Waals surface area contributed by atoms with Crippen molar-refractivity contribution in [1.82, 2.24) is 15.2 Å². The molecular formula is C14H19N3S. The monoisotopic (exact) mass is 261 g/mol. The second kappa shape index (κ2) is 4.61. The minimum Gasteiger partial charge on any atom is -0.309 e. The van der Waals surface area contributed by atoms with E-state index in [4.69, 9.17) is 4.98 Å². The Morgan fingerprint density at radius 2 is 2.22 bits per heavy atom. The van der Waals surface area contributed by atoms with E-state index in [2.05, 4.69) is 48.3 Å². The van der Waals surface area contributed by atoms with Crippen molar-refractivity contribution in [2.75, 3.05) is 19.6 Å². The number of benzene rings is 1. The molecule has 2 aromatic rings. The van der Waals surface area contributed by atoms with Crippen LogP contribution in [0.25, 0.3) is 10.2 Å². The van der Waals surface area contributed by atoms with Gasteiger partial charge in [0.2, 0.25) is 0 Å². The van der Waals surface area contributed by atoms with E-state index in [1.807, 2.05) is 11.3 Å². The van der Waals surface area contributed by atoms with Crippen molar-refractivity contribution in [1.29, 1.82) is 0 Å². The van der Waals surface area contributed by atoms with Crippen molar-refractivity contribution in [2.24, 2.45) is 0 Å². The summed E-state index contributed by atoms with van der Waals surface area (Å²) in [6.07, 6.45) is 0. The first-order valence-corrected chi connectivity index (χ1v) is 7.26. The van der Waals surface area contributed by atoms with Crippen molar-refractivity contribution in [3.63, 3.8) is 0 Å². The van der Waals surface area contributed by atoms with E-state index in [0.29, 0.717) is 0 Å². The molecule has 1 fully saturated rings. The number of thiazole rings is 1. The fourth-order valence-corrected chi connectivity index (χ4v) is 3.57. The molecule has 0 radical (unpaired) electrons. The van der Waals surface area contributed by atoms with Gasteiger partial charge in [0, 0.05) is 25.2 Å². The molecule has 0 bridgehead atoms. The second-order valence-electron chi connectivity index (χ2n) is 5.60. The molecule has 1 saturated heterocycles. The van der Waals surface area contributed by atoms with Crippen molar-refractivity contribution in [3.05, 3.63) is 29.3 Å². The van der Waals surface area contributed by atoms with Crippen LogP contribution < -0.4 is 5.32 Å². The smallest absolute Gasteiger partial charge is 0.108 e. The van der Waals surface area contributed by atoms with Crippen molar-refractivity contribution < 1.29 is 0 Å². The average molecular weight is 261 g/mol. The molecule has 1 N–H and O–H groups in total. The number of piperazine rings is 1. The first-order chi connectivity index (χ1) is 8.62. The van der Waals surface area contributed by atoms with Gasteiger partial charge in [-0.15, -0.1) is 11.3 Å². The lowest BCUT2D eigenvalue weighted by atomic mass is 10.0. The predicted molar refractivity (Wildman–Crippen MR) is 77.0 cm³/mol. The third-order valence-corrected chi connectivity index (χ3v) is 4.37. The topological polar surface area (TPSA) is 28.2 Å².